The molecule has 8 nitrogen and oxygen atoms in total. The van der Waals surface area contributed by atoms with Gasteiger partial charge in [0, 0.05) is 18.3 Å². The van der Waals surface area contributed by atoms with Gasteiger partial charge < -0.3 is 9.15 Å². The van der Waals surface area contributed by atoms with E-state index in [1.165, 1.54) is 0 Å². The van der Waals surface area contributed by atoms with Gasteiger partial charge in [0.2, 0.25) is 11.8 Å². The van der Waals surface area contributed by atoms with E-state index in [0.29, 0.717) is 5.89 Å². The monoisotopic (exact) mass is 398 g/mol. The fourth-order valence-corrected chi connectivity index (χ4v) is 3.02. The van der Waals surface area contributed by atoms with Gasteiger partial charge >= 0.3 is 0 Å². The van der Waals surface area contributed by atoms with E-state index in [9.17, 15) is 0 Å². The second-order valence-electron chi connectivity index (χ2n) is 7.84. The molecular formula is C21H30N6O2. The number of benzene rings is 1. The summed E-state index contributed by atoms with van der Waals surface area (Å²) in [5.74, 6) is 3.58. The molecule has 2 aromatic heterocycles. The molecule has 0 radical (unpaired) electrons. The van der Waals surface area contributed by atoms with Gasteiger partial charge in [-0.15, -0.1) is 25.2 Å². The van der Waals surface area contributed by atoms with Crippen molar-refractivity contribution in [3.8, 4) is 11.4 Å². The lowest BCUT2D eigenvalue weighted by Crippen LogP contribution is -2.02. The van der Waals surface area contributed by atoms with E-state index in [0.717, 1.165) is 60.8 Å². The van der Waals surface area contributed by atoms with Crippen LogP contribution in [0.1, 0.15) is 82.0 Å². The summed E-state index contributed by atoms with van der Waals surface area (Å²) in [6.07, 6.45) is 4.88. The van der Waals surface area contributed by atoms with Gasteiger partial charge in [-0.05, 0) is 48.2 Å². The van der Waals surface area contributed by atoms with Crippen LogP contribution in [0.3, 0.4) is 0 Å². The van der Waals surface area contributed by atoms with E-state index in [4.69, 9.17) is 9.15 Å². The molecular weight excluding hydrogens is 368 g/mol. The third-order valence-corrected chi connectivity index (χ3v) is 4.75. The maximum atomic E-state index is 5.67. The molecule has 0 aliphatic heterocycles. The first-order chi connectivity index (χ1) is 14.0. The molecule has 0 fully saturated rings. The molecule has 3 rings (SSSR count). The SMILES string of the molecule is COc1ccc(-n2nnc(C(C)C)n2)cc1CCCCCc1nnc(C(C)C)o1. The predicted molar refractivity (Wildman–Crippen MR) is 109 cm³/mol. The summed E-state index contributed by atoms with van der Waals surface area (Å²) in [7, 11) is 1.70. The number of aryl methyl sites for hydroxylation is 2. The standard InChI is InChI=1S/C21H30N6O2/c1-14(2)20-23-26-27(25-20)17-11-12-18(28-5)16(13-17)9-7-6-8-10-19-22-24-21(29-19)15(3)4/h11-15H,6-10H2,1-5H3. The number of ether oxygens (including phenoxy) is 1. The van der Waals surface area contributed by atoms with Crippen molar-refractivity contribution < 1.29 is 9.15 Å². The molecule has 0 amide bonds. The van der Waals surface area contributed by atoms with Crippen LogP contribution < -0.4 is 4.74 Å². The van der Waals surface area contributed by atoms with Crippen LogP contribution in [-0.2, 0) is 12.8 Å². The Balaban J connectivity index is 1.56. The summed E-state index contributed by atoms with van der Waals surface area (Å²) in [5, 5.41) is 21.0. The van der Waals surface area contributed by atoms with Gasteiger partial charge in [-0.1, -0.05) is 34.1 Å². The van der Waals surface area contributed by atoms with Gasteiger partial charge in [0.25, 0.3) is 0 Å². The molecule has 0 unspecified atom stereocenters. The van der Waals surface area contributed by atoms with Crippen LogP contribution in [0.2, 0.25) is 0 Å². The first-order valence-electron chi connectivity index (χ1n) is 10.3. The smallest absolute Gasteiger partial charge is 0.219 e. The van der Waals surface area contributed by atoms with E-state index in [-0.39, 0.29) is 11.8 Å². The van der Waals surface area contributed by atoms with Gasteiger partial charge in [-0.2, -0.15) is 0 Å². The lowest BCUT2D eigenvalue weighted by atomic mass is 10.0. The molecule has 3 aromatic rings. The van der Waals surface area contributed by atoms with Crippen molar-refractivity contribution in [1.82, 2.24) is 30.4 Å². The summed E-state index contributed by atoms with van der Waals surface area (Å²) in [5.41, 5.74) is 2.04. The van der Waals surface area contributed by atoms with Crippen LogP contribution in [0.4, 0.5) is 0 Å². The highest BCUT2D eigenvalue weighted by Crippen LogP contribution is 2.24. The quantitative estimate of drug-likeness (QED) is 0.471. The molecule has 0 saturated heterocycles. The van der Waals surface area contributed by atoms with E-state index in [1.54, 1.807) is 11.9 Å². The molecule has 0 atom stereocenters. The summed E-state index contributed by atoms with van der Waals surface area (Å²) in [6, 6.07) is 6.00. The van der Waals surface area contributed by atoms with Crippen molar-refractivity contribution in [3.05, 3.63) is 41.4 Å². The molecule has 0 spiro atoms. The Bertz CT molecular complexity index is 916. The molecule has 1 aromatic carbocycles. The Morgan fingerprint density at radius 3 is 2.41 bits per heavy atom. The first kappa shape index (κ1) is 21.0. The Morgan fingerprint density at radius 1 is 0.966 bits per heavy atom. The lowest BCUT2D eigenvalue weighted by Gasteiger charge is -2.10. The number of tetrazole rings is 1. The number of rotatable bonds is 10. The van der Waals surface area contributed by atoms with Crippen molar-refractivity contribution in [2.24, 2.45) is 0 Å². The minimum absolute atomic E-state index is 0.247. The van der Waals surface area contributed by atoms with Crippen LogP contribution in [0.15, 0.2) is 22.6 Å². The molecule has 0 aliphatic rings. The van der Waals surface area contributed by atoms with Gasteiger partial charge in [-0.3, -0.25) is 0 Å². The second-order valence-corrected chi connectivity index (χ2v) is 7.84. The molecule has 0 saturated carbocycles. The van der Waals surface area contributed by atoms with Crippen LogP contribution >= 0.6 is 0 Å². The molecule has 0 N–H and O–H groups in total. The minimum atomic E-state index is 0.247. The lowest BCUT2D eigenvalue weighted by molar-refractivity contribution is 0.408. The normalized spacial score (nSPS) is 11.6. The largest absolute Gasteiger partial charge is 0.496 e. The zero-order chi connectivity index (χ0) is 20.8. The molecule has 0 aliphatic carbocycles. The van der Waals surface area contributed by atoms with E-state index >= 15 is 0 Å². The summed E-state index contributed by atoms with van der Waals surface area (Å²) < 4.78 is 11.2. The highest BCUT2D eigenvalue weighted by molar-refractivity contribution is 5.43. The van der Waals surface area contributed by atoms with Gasteiger partial charge in [0.15, 0.2) is 5.82 Å². The van der Waals surface area contributed by atoms with E-state index in [1.807, 2.05) is 12.1 Å². The Hall–Kier alpha value is -2.77. The van der Waals surface area contributed by atoms with Crippen molar-refractivity contribution in [2.45, 2.75) is 71.6 Å². The number of nitrogens with zero attached hydrogens (tertiary/aromatic N) is 6. The van der Waals surface area contributed by atoms with Crippen molar-refractivity contribution in [3.63, 3.8) is 0 Å². The highest BCUT2D eigenvalue weighted by atomic mass is 16.5. The van der Waals surface area contributed by atoms with Gasteiger partial charge in [0.1, 0.15) is 5.75 Å². The van der Waals surface area contributed by atoms with Gasteiger partial charge in [-0.25, -0.2) is 0 Å². The number of aromatic nitrogens is 6. The minimum Gasteiger partial charge on any atom is -0.496 e. The van der Waals surface area contributed by atoms with E-state index in [2.05, 4.69) is 59.4 Å². The average molecular weight is 399 g/mol. The maximum absolute atomic E-state index is 5.67. The van der Waals surface area contributed by atoms with Crippen LogP contribution in [-0.4, -0.2) is 37.5 Å². The number of hydrogen-bond donors (Lipinski definition) is 0. The second kappa shape index (κ2) is 9.62. The van der Waals surface area contributed by atoms with Crippen molar-refractivity contribution in [2.75, 3.05) is 7.11 Å². The first-order valence-corrected chi connectivity index (χ1v) is 10.3. The number of methoxy groups -OCH3 is 1. The van der Waals surface area contributed by atoms with Crippen molar-refractivity contribution >= 4 is 0 Å². The van der Waals surface area contributed by atoms with Crippen LogP contribution in [0.5, 0.6) is 5.75 Å². The number of hydrogen-bond acceptors (Lipinski definition) is 7. The van der Waals surface area contributed by atoms with Gasteiger partial charge in [0.05, 0.1) is 12.8 Å². The third-order valence-electron chi connectivity index (χ3n) is 4.75. The fourth-order valence-electron chi connectivity index (χ4n) is 3.02. The third kappa shape index (κ3) is 5.40. The summed E-state index contributed by atoms with van der Waals surface area (Å²) in [4.78, 5) is 1.58. The van der Waals surface area contributed by atoms with E-state index < -0.39 is 0 Å². The molecule has 0 bridgehead atoms. The zero-order valence-electron chi connectivity index (χ0n) is 17.9. The topological polar surface area (TPSA) is 91.8 Å². The summed E-state index contributed by atoms with van der Waals surface area (Å²) >= 11 is 0. The highest BCUT2D eigenvalue weighted by Gasteiger charge is 2.12. The Labute approximate surface area is 171 Å². The molecule has 156 valence electrons. The van der Waals surface area contributed by atoms with Crippen LogP contribution in [0, 0.1) is 0 Å². The molecule has 2 heterocycles. The molecule has 8 heteroatoms. The Kier molecular flexibility index (Phi) is 6.95. The number of unbranched alkanes of at least 4 members (excludes halogenated alkanes) is 2. The maximum Gasteiger partial charge on any atom is 0.219 e. The summed E-state index contributed by atoms with van der Waals surface area (Å²) in [6.45, 7) is 8.21. The van der Waals surface area contributed by atoms with Crippen molar-refractivity contribution in [1.29, 1.82) is 0 Å². The zero-order valence-corrected chi connectivity index (χ0v) is 17.9. The fraction of sp³-hybridized carbons (Fsp3) is 0.571. The van der Waals surface area contributed by atoms with Crippen LogP contribution in [0.25, 0.3) is 5.69 Å². The average Bonchev–Trinajstić information content (AvgIpc) is 3.37. The molecule has 29 heavy (non-hydrogen) atoms. The Morgan fingerprint density at radius 2 is 1.76 bits per heavy atom. The predicted octanol–water partition coefficient (Wildman–Crippen LogP) is 4.26.